The van der Waals surface area contributed by atoms with E-state index in [9.17, 15) is 4.79 Å². The molecule has 2 aromatic heterocycles. The highest BCUT2D eigenvalue weighted by atomic mass is 32.1. The Morgan fingerprint density at radius 3 is 3.09 bits per heavy atom. The van der Waals surface area contributed by atoms with Crippen molar-refractivity contribution in [3.05, 3.63) is 38.7 Å². The van der Waals surface area contributed by atoms with Gasteiger partial charge in [0.15, 0.2) is 0 Å². The third-order valence-electron chi connectivity index (χ3n) is 3.80. The van der Waals surface area contributed by atoms with Gasteiger partial charge in [-0.25, -0.2) is 9.67 Å². The smallest absolute Gasteiger partial charge is 0.269 e. The number of ether oxygens (including phenoxy) is 1. The van der Waals surface area contributed by atoms with Crippen LogP contribution in [0.25, 0.3) is 0 Å². The van der Waals surface area contributed by atoms with Crippen LogP contribution >= 0.6 is 11.3 Å². The maximum Gasteiger partial charge on any atom is 0.269 e. The molecule has 2 N–H and O–H groups in total. The Morgan fingerprint density at radius 2 is 2.39 bits per heavy atom. The maximum atomic E-state index is 12.3. The Bertz CT molecular complexity index is 712. The largest absolute Gasteiger partial charge is 0.374 e. The predicted molar refractivity (Wildman–Crippen MR) is 90.1 cm³/mol. The summed E-state index contributed by atoms with van der Waals surface area (Å²) in [5, 5.41) is 7.15. The van der Waals surface area contributed by atoms with Crippen molar-refractivity contribution < 1.29 is 4.74 Å². The summed E-state index contributed by atoms with van der Waals surface area (Å²) in [6.45, 7) is 5.11. The van der Waals surface area contributed by atoms with Gasteiger partial charge in [-0.15, -0.1) is 11.3 Å². The molecule has 3 heterocycles. The zero-order valence-corrected chi connectivity index (χ0v) is 14.0. The van der Waals surface area contributed by atoms with Crippen LogP contribution in [0.1, 0.15) is 17.1 Å². The lowest BCUT2D eigenvalue weighted by atomic mass is 10.2. The summed E-state index contributed by atoms with van der Waals surface area (Å²) in [7, 11) is 0. The SMILES string of the molecule is Cc1csc(Cn2ncc(N3CCOC(CCN)C3)cc2=O)n1. The van der Waals surface area contributed by atoms with E-state index in [-0.39, 0.29) is 11.7 Å². The molecule has 1 unspecified atom stereocenters. The molecule has 3 rings (SSSR count). The first-order valence-electron chi connectivity index (χ1n) is 7.70. The molecular weight excluding hydrogens is 314 g/mol. The molecule has 0 amide bonds. The second-order valence-corrected chi connectivity index (χ2v) is 6.55. The molecule has 1 aliphatic rings. The molecule has 0 aliphatic carbocycles. The standard InChI is InChI=1S/C15H21N5O2S/c1-11-10-23-14(18-11)9-20-15(21)6-12(7-17-20)19-4-5-22-13(8-19)2-3-16/h6-7,10,13H,2-5,8-9,16H2,1H3. The molecule has 23 heavy (non-hydrogen) atoms. The van der Waals surface area contributed by atoms with Gasteiger partial charge in [0, 0.05) is 30.2 Å². The fourth-order valence-electron chi connectivity index (χ4n) is 2.63. The van der Waals surface area contributed by atoms with E-state index >= 15 is 0 Å². The van der Waals surface area contributed by atoms with E-state index in [2.05, 4.69) is 15.0 Å². The second kappa shape index (κ2) is 7.20. The first-order chi connectivity index (χ1) is 11.2. The quantitative estimate of drug-likeness (QED) is 0.862. The van der Waals surface area contributed by atoms with Gasteiger partial charge in [0.05, 0.1) is 31.1 Å². The van der Waals surface area contributed by atoms with E-state index < -0.39 is 0 Å². The number of aromatic nitrogens is 3. The highest BCUT2D eigenvalue weighted by molar-refractivity contribution is 7.09. The molecule has 1 fully saturated rings. The summed E-state index contributed by atoms with van der Waals surface area (Å²) in [5.74, 6) is 0. The number of nitrogens with two attached hydrogens (primary N) is 1. The van der Waals surface area contributed by atoms with Gasteiger partial charge < -0.3 is 15.4 Å². The molecule has 124 valence electrons. The van der Waals surface area contributed by atoms with Crippen LogP contribution in [0, 0.1) is 6.92 Å². The molecule has 1 atom stereocenters. The summed E-state index contributed by atoms with van der Waals surface area (Å²) in [5.41, 5.74) is 7.29. The van der Waals surface area contributed by atoms with Gasteiger partial charge in [0.2, 0.25) is 0 Å². The van der Waals surface area contributed by atoms with Gasteiger partial charge in [-0.2, -0.15) is 5.10 Å². The Morgan fingerprint density at radius 1 is 1.52 bits per heavy atom. The monoisotopic (exact) mass is 335 g/mol. The van der Waals surface area contributed by atoms with E-state index in [0.29, 0.717) is 19.7 Å². The molecule has 7 nitrogen and oxygen atoms in total. The molecule has 0 bridgehead atoms. The fourth-order valence-corrected chi connectivity index (χ4v) is 3.39. The van der Waals surface area contributed by atoms with Crippen LogP contribution in [0.5, 0.6) is 0 Å². The lowest BCUT2D eigenvalue weighted by molar-refractivity contribution is 0.0368. The van der Waals surface area contributed by atoms with Gasteiger partial charge in [-0.05, 0) is 19.9 Å². The van der Waals surface area contributed by atoms with E-state index in [1.165, 1.54) is 4.68 Å². The Hall–Kier alpha value is -1.77. The van der Waals surface area contributed by atoms with Gasteiger partial charge in [-0.1, -0.05) is 0 Å². The Kier molecular flexibility index (Phi) is 5.04. The predicted octanol–water partition coefficient (Wildman–Crippen LogP) is 0.611. The van der Waals surface area contributed by atoms with Gasteiger partial charge in [0.1, 0.15) is 5.01 Å². The average molecular weight is 335 g/mol. The number of morpholine rings is 1. The maximum absolute atomic E-state index is 12.3. The number of thiazole rings is 1. The van der Waals surface area contributed by atoms with Gasteiger partial charge >= 0.3 is 0 Å². The van der Waals surface area contributed by atoms with Crippen LogP contribution in [0.15, 0.2) is 22.4 Å². The summed E-state index contributed by atoms with van der Waals surface area (Å²) in [4.78, 5) is 18.8. The van der Waals surface area contributed by atoms with Crippen molar-refractivity contribution in [3.8, 4) is 0 Å². The van der Waals surface area contributed by atoms with Crippen LogP contribution in [-0.4, -0.2) is 47.1 Å². The first kappa shape index (κ1) is 16.1. The number of hydrogen-bond acceptors (Lipinski definition) is 7. The summed E-state index contributed by atoms with van der Waals surface area (Å²) < 4.78 is 7.12. The molecule has 0 spiro atoms. The minimum Gasteiger partial charge on any atom is -0.374 e. The average Bonchev–Trinajstić information content (AvgIpc) is 2.95. The number of nitrogens with zero attached hydrogens (tertiary/aromatic N) is 4. The van der Waals surface area contributed by atoms with Crippen molar-refractivity contribution in [2.75, 3.05) is 31.1 Å². The number of anilines is 1. The fraction of sp³-hybridized carbons (Fsp3) is 0.533. The first-order valence-corrected chi connectivity index (χ1v) is 8.58. The van der Waals surface area contributed by atoms with Crippen molar-refractivity contribution in [2.45, 2.75) is 26.0 Å². The van der Waals surface area contributed by atoms with Crippen molar-refractivity contribution in [1.82, 2.24) is 14.8 Å². The molecule has 2 aromatic rings. The normalized spacial score (nSPS) is 18.3. The molecule has 0 aromatic carbocycles. The van der Waals surface area contributed by atoms with Crippen LogP contribution in [-0.2, 0) is 11.3 Å². The zero-order valence-electron chi connectivity index (χ0n) is 13.1. The van der Waals surface area contributed by atoms with Crippen molar-refractivity contribution in [3.63, 3.8) is 0 Å². The summed E-state index contributed by atoms with van der Waals surface area (Å²) in [6.07, 6.45) is 2.69. The van der Waals surface area contributed by atoms with E-state index in [1.54, 1.807) is 23.6 Å². The number of hydrogen-bond donors (Lipinski definition) is 1. The van der Waals surface area contributed by atoms with E-state index in [0.717, 1.165) is 35.9 Å². The van der Waals surface area contributed by atoms with Crippen molar-refractivity contribution in [1.29, 1.82) is 0 Å². The van der Waals surface area contributed by atoms with Gasteiger partial charge in [-0.3, -0.25) is 4.79 Å². The van der Waals surface area contributed by atoms with E-state index in [4.69, 9.17) is 10.5 Å². The summed E-state index contributed by atoms with van der Waals surface area (Å²) >= 11 is 1.54. The molecule has 1 saturated heterocycles. The highest BCUT2D eigenvalue weighted by Gasteiger charge is 2.20. The van der Waals surface area contributed by atoms with Crippen molar-refractivity contribution >= 4 is 17.0 Å². The van der Waals surface area contributed by atoms with Crippen LogP contribution in [0.3, 0.4) is 0 Å². The highest BCUT2D eigenvalue weighted by Crippen LogP contribution is 2.16. The Balaban J connectivity index is 1.72. The van der Waals surface area contributed by atoms with Crippen molar-refractivity contribution in [2.24, 2.45) is 5.73 Å². The number of aryl methyl sites for hydroxylation is 1. The molecule has 1 aliphatic heterocycles. The molecule has 8 heteroatoms. The molecule has 0 radical (unpaired) electrons. The zero-order chi connectivity index (χ0) is 16.2. The molecule has 0 saturated carbocycles. The lowest BCUT2D eigenvalue weighted by Crippen LogP contribution is -2.43. The Labute approximate surface area is 138 Å². The minimum atomic E-state index is -0.114. The summed E-state index contributed by atoms with van der Waals surface area (Å²) in [6, 6.07) is 1.64. The number of rotatable bonds is 5. The van der Waals surface area contributed by atoms with Crippen LogP contribution < -0.4 is 16.2 Å². The minimum absolute atomic E-state index is 0.114. The lowest BCUT2D eigenvalue weighted by Gasteiger charge is -2.34. The van der Waals surface area contributed by atoms with E-state index in [1.807, 2.05) is 12.3 Å². The second-order valence-electron chi connectivity index (χ2n) is 5.61. The van der Waals surface area contributed by atoms with Gasteiger partial charge in [0.25, 0.3) is 5.56 Å². The molecular formula is C15H21N5O2S. The third kappa shape index (κ3) is 3.95. The van der Waals surface area contributed by atoms with Crippen LogP contribution in [0.2, 0.25) is 0 Å². The topological polar surface area (TPSA) is 86.3 Å². The van der Waals surface area contributed by atoms with Crippen LogP contribution in [0.4, 0.5) is 5.69 Å². The third-order valence-corrected chi connectivity index (χ3v) is 4.75.